The molecule has 0 fully saturated rings. The topological polar surface area (TPSA) is 46.6 Å². The molecule has 0 spiro atoms. The van der Waals surface area contributed by atoms with Crippen molar-refractivity contribution in [1.82, 2.24) is 0 Å². The Morgan fingerprint density at radius 2 is 1.79 bits per heavy atom. The highest BCUT2D eigenvalue weighted by Gasteiger charge is 2.18. The van der Waals surface area contributed by atoms with Crippen LogP contribution in [-0.4, -0.2) is 26.0 Å². The predicted molar refractivity (Wildman–Crippen MR) is 65.6 cm³/mol. The summed E-state index contributed by atoms with van der Waals surface area (Å²) in [5.41, 5.74) is -0.384. The molecule has 1 rings (SSSR count). The van der Waals surface area contributed by atoms with E-state index in [-0.39, 0.29) is 24.9 Å². The van der Waals surface area contributed by atoms with Crippen molar-refractivity contribution in [3.05, 3.63) is 29.8 Å². The summed E-state index contributed by atoms with van der Waals surface area (Å²) in [6.45, 7) is 0. The first-order valence-corrected chi connectivity index (χ1v) is 5.74. The zero-order chi connectivity index (χ0) is 14.4. The number of carbonyl (C=O) groups excluding carboxylic acids is 2. The SMILES string of the molecule is COC(=O)CCCC(=O)N(C)c1c(F)cccc1F. The van der Waals surface area contributed by atoms with Gasteiger partial charge in [0.1, 0.15) is 17.3 Å². The van der Waals surface area contributed by atoms with Crippen LogP contribution in [-0.2, 0) is 14.3 Å². The number of carbonyl (C=O) groups is 2. The van der Waals surface area contributed by atoms with E-state index >= 15 is 0 Å². The van der Waals surface area contributed by atoms with Crippen molar-refractivity contribution in [3.8, 4) is 0 Å². The fourth-order valence-corrected chi connectivity index (χ4v) is 1.59. The molecule has 1 amide bonds. The van der Waals surface area contributed by atoms with Crippen molar-refractivity contribution in [2.75, 3.05) is 19.1 Å². The maximum atomic E-state index is 13.5. The van der Waals surface area contributed by atoms with Gasteiger partial charge in [-0.1, -0.05) is 6.07 Å². The van der Waals surface area contributed by atoms with Gasteiger partial charge in [0.2, 0.25) is 5.91 Å². The molecule has 0 heterocycles. The Morgan fingerprint density at radius 1 is 1.21 bits per heavy atom. The lowest BCUT2D eigenvalue weighted by atomic mass is 10.2. The number of para-hydroxylation sites is 1. The Labute approximate surface area is 110 Å². The van der Waals surface area contributed by atoms with Gasteiger partial charge in [-0.05, 0) is 18.6 Å². The number of anilines is 1. The molecule has 1 aromatic carbocycles. The van der Waals surface area contributed by atoms with Gasteiger partial charge in [0.15, 0.2) is 0 Å². The van der Waals surface area contributed by atoms with Crippen LogP contribution in [0.2, 0.25) is 0 Å². The van der Waals surface area contributed by atoms with Gasteiger partial charge < -0.3 is 9.64 Å². The molecular formula is C13H15F2NO3. The van der Waals surface area contributed by atoms with E-state index in [4.69, 9.17) is 0 Å². The van der Waals surface area contributed by atoms with Crippen molar-refractivity contribution < 1.29 is 23.1 Å². The minimum Gasteiger partial charge on any atom is -0.469 e. The van der Waals surface area contributed by atoms with Crippen LogP contribution in [0.3, 0.4) is 0 Å². The van der Waals surface area contributed by atoms with E-state index in [9.17, 15) is 18.4 Å². The molecule has 104 valence electrons. The van der Waals surface area contributed by atoms with E-state index in [1.165, 1.54) is 20.2 Å². The summed E-state index contributed by atoms with van der Waals surface area (Å²) in [4.78, 5) is 23.6. The van der Waals surface area contributed by atoms with Gasteiger partial charge in [-0.3, -0.25) is 9.59 Å². The van der Waals surface area contributed by atoms with Gasteiger partial charge >= 0.3 is 5.97 Å². The van der Waals surface area contributed by atoms with Crippen LogP contribution in [0, 0.1) is 11.6 Å². The molecule has 0 aliphatic carbocycles. The normalized spacial score (nSPS) is 10.1. The Hall–Kier alpha value is -1.98. The number of ether oxygens (including phenoxy) is 1. The molecule has 6 heteroatoms. The average molecular weight is 271 g/mol. The van der Waals surface area contributed by atoms with E-state index in [0.29, 0.717) is 0 Å². The molecule has 0 aliphatic heterocycles. The first-order valence-electron chi connectivity index (χ1n) is 5.74. The second-order valence-electron chi connectivity index (χ2n) is 3.95. The molecule has 0 saturated carbocycles. The molecule has 0 unspecified atom stereocenters. The Bertz CT molecular complexity index is 457. The fraction of sp³-hybridized carbons (Fsp3) is 0.385. The van der Waals surface area contributed by atoms with Gasteiger partial charge in [0.05, 0.1) is 7.11 Å². The lowest BCUT2D eigenvalue weighted by Crippen LogP contribution is -2.28. The van der Waals surface area contributed by atoms with E-state index < -0.39 is 23.5 Å². The number of esters is 1. The summed E-state index contributed by atoms with van der Waals surface area (Å²) < 4.78 is 31.3. The summed E-state index contributed by atoms with van der Waals surface area (Å²) in [7, 11) is 2.55. The standard InChI is InChI=1S/C13H15F2NO3/c1-16(11(17)7-4-8-12(18)19-2)13-9(14)5-3-6-10(13)15/h3,5-6H,4,7-8H2,1-2H3. The van der Waals surface area contributed by atoms with Gasteiger partial charge in [0, 0.05) is 19.9 Å². The molecule has 1 aromatic rings. The summed E-state index contributed by atoms with van der Waals surface area (Å²) in [5, 5.41) is 0. The van der Waals surface area contributed by atoms with Crippen molar-refractivity contribution in [3.63, 3.8) is 0 Å². The Balaban J connectivity index is 2.64. The number of halogens is 2. The fourth-order valence-electron chi connectivity index (χ4n) is 1.59. The maximum absolute atomic E-state index is 13.5. The number of benzene rings is 1. The van der Waals surface area contributed by atoms with Crippen LogP contribution in [0.15, 0.2) is 18.2 Å². The third kappa shape index (κ3) is 4.01. The molecule has 0 aromatic heterocycles. The van der Waals surface area contributed by atoms with Crippen LogP contribution in [0.4, 0.5) is 14.5 Å². The average Bonchev–Trinajstić information content (AvgIpc) is 2.37. The van der Waals surface area contributed by atoms with E-state index in [1.54, 1.807) is 0 Å². The number of nitrogens with zero attached hydrogens (tertiary/aromatic N) is 1. The minimum atomic E-state index is -0.802. The minimum absolute atomic E-state index is 0.0133. The van der Waals surface area contributed by atoms with Crippen LogP contribution in [0.5, 0.6) is 0 Å². The second-order valence-corrected chi connectivity index (χ2v) is 3.95. The van der Waals surface area contributed by atoms with Gasteiger partial charge in [-0.15, -0.1) is 0 Å². The van der Waals surface area contributed by atoms with Crippen LogP contribution < -0.4 is 4.90 Å². The summed E-state index contributed by atoms with van der Waals surface area (Å²) in [6, 6.07) is 3.39. The smallest absolute Gasteiger partial charge is 0.305 e. The lowest BCUT2D eigenvalue weighted by molar-refractivity contribution is -0.140. The molecular weight excluding hydrogens is 256 g/mol. The summed E-state index contributed by atoms with van der Waals surface area (Å²) in [5.74, 6) is -2.49. The quantitative estimate of drug-likeness (QED) is 0.772. The first-order chi connectivity index (χ1) is 8.97. The summed E-state index contributed by atoms with van der Waals surface area (Å²) >= 11 is 0. The van der Waals surface area contributed by atoms with Gasteiger partial charge in [-0.2, -0.15) is 0 Å². The molecule has 0 N–H and O–H groups in total. The van der Waals surface area contributed by atoms with E-state index in [2.05, 4.69) is 4.74 Å². The van der Waals surface area contributed by atoms with Crippen molar-refractivity contribution in [1.29, 1.82) is 0 Å². The molecule has 0 aliphatic rings. The number of amides is 1. The monoisotopic (exact) mass is 271 g/mol. The van der Waals surface area contributed by atoms with Gasteiger partial charge in [-0.25, -0.2) is 8.78 Å². The zero-order valence-electron chi connectivity index (χ0n) is 10.8. The van der Waals surface area contributed by atoms with E-state index in [1.807, 2.05) is 0 Å². The number of hydrogen-bond acceptors (Lipinski definition) is 3. The third-order valence-electron chi connectivity index (χ3n) is 2.65. The number of rotatable bonds is 5. The highest BCUT2D eigenvalue weighted by molar-refractivity contribution is 5.93. The van der Waals surface area contributed by atoms with Crippen LogP contribution >= 0.6 is 0 Å². The summed E-state index contributed by atoms with van der Waals surface area (Å²) in [6.07, 6.45) is 0.376. The van der Waals surface area contributed by atoms with Crippen LogP contribution in [0.25, 0.3) is 0 Å². The largest absolute Gasteiger partial charge is 0.469 e. The first kappa shape index (κ1) is 15.1. The molecule has 0 radical (unpaired) electrons. The zero-order valence-corrected chi connectivity index (χ0v) is 10.8. The molecule has 4 nitrogen and oxygen atoms in total. The number of hydrogen-bond donors (Lipinski definition) is 0. The third-order valence-corrected chi connectivity index (χ3v) is 2.65. The molecule has 0 saturated heterocycles. The van der Waals surface area contributed by atoms with Crippen LogP contribution in [0.1, 0.15) is 19.3 Å². The predicted octanol–water partition coefficient (Wildman–Crippen LogP) is 2.27. The highest BCUT2D eigenvalue weighted by atomic mass is 19.1. The lowest BCUT2D eigenvalue weighted by Gasteiger charge is -2.18. The maximum Gasteiger partial charge on any atom is 0.305 e. The molecule has 19 heavy (non-hydrogen) atoms. The second kappa shape index (κ2) is 6.82. The van der Waals surface area contributed by atoms with E-state index in [0.717, 1.165) is 17.0 Å². The Kier molecular flexibility index (Phi) is 5.41. The molecule has 0 atom stereocenters. The Morgan fingerprint density at radius 3 is 2.32 bits per heavy atom. The number of methoxy groups -OCH3 is 1. The molecule has 0 bridgehead atoms. The van der Waals surface area contributed by atoms with Crippen molar-refractivity contribution in [2.45, 2.75) is 19.3 Å². The van der Waals surface area contributed by atoms with Gasteiger partial charge in [0.25, 0.3) is 0 Å². The van der Waals surface area contributed by atoms with Crippen molar-refractivity contribution in [2.24, 2.45) is 0 Å². The highest BCUT2D eigenvalue weighted by Crippen LogP contribution is 2.22. The van der Waals surface area contributed by atoms with Crippen molar-refractivity contribution >= 4 is 17.6 Å².